The molecule has 64 valence electrons. The smallest absolute Gasteiger partial charge is 0.108 e. The van der Waals surface area contributed by atoms with Gasteiger partial charge in [0.15, 0.2) is 0 Å². The van der Waals surface area contributed by atoms with E-state index in [0.29, 0.717) is 17.7 Å². The van der Waals surface area contributed by atoms with E-state index in [9.17, 15) is 0 Å². The van der Waals surface area contributed by atoms with Gasteiger partial charge in [-0.15, -0.1) is 0 Å². The summed E-state index contributed by atoms with van der Waals surface area (Å²) in [7, 11) is 0. The molecular formula is C9H17NO. The predicted octanol–water partition coefficient (Wildman–Crippen LogP) is 1.51. The second-order valence-electron chi connectivity index (χ2n) is 3.96. The van der Waals surface area contributed by atoms with Crippen LogP contribution in [0.1, 0.15) is 33.1 Å². The van der Waals surface area contributed by atoms with Crippen molar-refractivity contribution in [2.24, 2.45) is 5.41 Å². The Bertz CT molecular complexity index is 154. The minimum Gasteiger partial charge on any atom is -0.363 e. The maximum atomic E-state index is 5.66. The first-order chi connectivity index (χ1) is 5.27. The van der Waals surface area contributed by atoms with E-state index in [1.165, 1.54) is 12.8 Å². The summed E-state index contributed by atoms with van der Waals surface area (Å²) in [5.41, 5.74) is 0.533. The maximum Gasteiger partial charge on any atom is 0.108 e. The van der Waals surface area contributed by atoms with Crippen molar-refractivity contribution < 1.29 is 4.74 Å². The Morgan fingerprint density at radius 1 is 1.55 bits per heavy atom. The molecule has 2 rings (SSSR count). The summed E-state index contributed by atoms with van der Waals surface area (Å²) in [5.74, 6) is 0. The topological polar surface area (TPSA) is 21.3 Å². The standard InChI is InChI=1S/C9H17NO/c1-3-8-10-7(2)9(4-5-9)6-11-8/h7-8,10H,3-6H2,1-2H3. The molecule has 1 aliphatic heterocycles. The summed E-state index contributed by atoms with van der Waals surface area (Å²) >= 11 is 0. The van der Waals surface area contributed by atoms with Crippen LogP contribution in [0.5, 0.6) is 0 Å². The summed E-state index contributed by atoms with van der Waals surface area (Å²) in [4.78, 5) is 0. The number of ether oxygens (including phenoxy) is 1. The highest BCUT2D eigenvalue weighted by atomic mass is 16.5. The molecule has 0 radical (unpaired) electrons. The Morgan fingerprint density at radius 2 is 2.27 bits per heavy atom. The summed E-state index contributed by atoms with van der Waals surface area (Å²) in [5, 5.41) is 3.50. The molecule has 0 aromatic carbocycles. The van der Waals surface area contributed by atoms with E-state index < -0.39 is 0 Å². The Kier molecular flexibility index (Phi) is 1.69. The number of rotatable bonds is 1. The molecule has 0 aromatic heterocycles. The van der Waals surface area contributed by atoms with Gasteiger partial charge < -0.3 is 4.74 Å². The van der Waals surface area contributed by atoms with Crippen LogP contribution in [0, 0.1) is 5.41 Å². The number of nitrogens with one attached hydrogen (secondary N) is 1. The minimum absolute atomic E-state index is 0.316. The molecule has 1 saturated carbocycles. The molecule has 2 aliphatic rings. The number of hydrogen-bond acceptors (Lipinski definition) is 2. The normalized spacial score (nSPS) is 40.9. The average Bonchev–Trinajstić information content (AvgIpc) is 2.77. The predicted molar refractivity (Wildman–Crippen MR) is 44.3 cm³/mol. The molecule has 2 heteroatoms. The van der Waals surface area contributed by atoms with Crippen molar-refractivity contribution in [3.8, 4) is 0 Å². The molecule has 2 unspecified atom stereocenters. The van der Waals surface area contributed by atoms with E-state index in [4.69, 9.17) is 4.74 Å². The molecule has 2 nitrogen and oxygen atoms in total. The SMILES string of the molecule is CCC1NC(C)C2(CC2)CO1. The second kappa shape index (κ2) is 2.46. The molecule has 2 atom stereocenters. The van der Waals surface area contributed by atoms with E-state index in [0.717, 1.165) is 13.0 Å². The van der Waals surface area contributed by atoms with Crippen molar-refractivity contribution in [3.63, 3.8) is 0 Å². The molecule has 1 spiro atoms. The third-order valence-corrected chi connectivity index (χ3v) is 3.19. The highest BCUT2D eigenvalue weighted by Gasteiger charge is 2.50. The monoisotopic (exact) mass is 155 g/mol. The van der Waals surface area contributed by atoms with Gasteiger partial charge in [0.25, 0.3) is 0 Å². The lowest BCUT2D eigenvalue weighted by Crippen LogP contribution is -2.50. The average molecular weight is 155 g/mol. The van der Waals surface area contributed by atoms with Gasteiger partial charge in [-0.05, 0) is 26.2 Å². The van der Waals surface area contributed by atoms with E-state index in [2.05, 4.69) is 19.2 Å². The van der Waals surface area contributed by atoms with Crippen molar-refractivity contribution in [2.75, 3.05) is 6.61 Å². The van der Waals surface area contributed by atoms with Crippen LogP contribution in [0.15, 0.2) is 0 Å². The zero-order chi connectivity index (χ0) is 7.90. The Labute approximate surface area is 68.3 Å². The van der Waals surface area contributed by atoms with Crippen LogP contribution in [-0.2, 0) is 4.74 Å². The maximum absolute atomic E-state index is 5.66. The second-order valence-corrected chi connectivity index (χ2v) is 3.96. The van der Waals surface area contributed by atoms with Crippen molar-refractivity contribution in [2.45, 2.75) is 45.4 Å². The molecule has 1 heterocycles. The molecule has 1 aliphatic carbocycles. The molecule has 1 saturated heterocycles. The fourth-order valence-corrected chi connectivity index (χ4v) is 1.87. The lowest BCUT2D eigenvalue weighted by molar-refractivity contribution is -0.0584. The Morgan fingerprint density at radius 3 is 2.73 bits per heavy atom. The van der Waals surface area contributed by atoms with Gasteiger partial charge in [-0.2, -0.15) is 0 Å². The van der Waals surface area contributed by atoms with E-state index >= 15 is 0 Å². The third kappa shape index (κ3) is 1.18. The molecule has 2 fully saturated rings. The summed E-state index contributed by atoms with van der Waals surface area (Å²) < 4.78 is 5.66. The van der Waals surface area contributed by atoms with Crippen molar-refractivity contribution in [3.05, 3.63) is 0 Å². The minimum atomic E-state index is 0.316. The van der Waals surface area contributed by atoms with Crippen LogP contribution in [0.3, 0.4) is 0 Å². The summed E-state index contributed by atoms with van der Waals surface area (Å²) in [6, 6.07) is 0.668. The fraction of sp³-hybridized carbons (Fsp3) is 1.00. The first-order valence-corrected chi connectivity index (χ1v) is 4.64. The lowest BCUT2D eigenvalue weighted by atomic mass is 9.97. The van der Waals surface area contributed by atoms with Gasteiger partial charge in [-0.25, -0.2) is 0 Å². The largest absolute Gasteiger partial charge is 0.363 e. The fourth-order valence-electron chi connectivity index (χ4n) is 1.87. The van der Waals surface area contributed by atoms with E-state index in [1.54, 1.807) is 0 Å². The molecule has 11 heavy (non-hydrogen) atoms. The lowest BCUT2D eigenvalue weighted by Gasteiger charge is -2.35. The van der Waals surface area contributed by atoms with Gasteiger partial charge in [-0.3, -0.25) is 5.32 Å². The highest BCUT2D eigenvalue weighted by molar-refractivity contribution is 5.02. The van der Waals surface area contributed by atoms with Crippen LogP contribution in [0.4, 0.5) is 0 Å². The quantitative estimate of drug-likeness (QED) is 0.619. The van der Waals surface area contributed by atoms with Crippen LogP contribution >= 0.6 is 0 Å². The van der Waals surface area contributed by atoms with E-state index in [-0.39, 0.29) is 0 Å². The Balaban J connectivity index is 1.94. The summed E-state index contributed by atoms with van der Waals surface area (Å²) in [6.07, 6.45) is 4.12. The molecule has 0 bridgehead atoms. The molecular weight excluding hydrogens is 138 g/mol. The highest BCUT2D eigenvalue weighted by Crippen LogP contribution is 2.50. The number of hydrogen-bond donors (Lipinski definition) is 1. The first-order valence-electron chi connectivity index (χ1n) is 4.64. The van der Waals surface area contributed by atoms with Crippen LogP contribution < -0.4 is 5.32 Å². The zero-order valence-electron chi connectivity index (χ0n) is 7.39. The van der Waals surface area contributed by atoms with Gasteiger partial charge in [0.1, 0.15) is 6.23 Å². The molecule has 1 N–H and O–H groups in total. The first kappa shape index (κ1) is 7.56. The van der Waals surface area contributed by atoms with Gasteiger partial charge in [-0.1, -0.05) is 6.92 Å². The van der Waals surface area contributed by atoms with Crippen LogP contribution in [0.2, 0.25) is 0 Å². The van der Waals surface area contributed by atoms with E-state index in [1.807, 2.05) is 0 Å². The van der Waals surface area contributed by atoms with Crippen molar-refractivity contribution >= 4 is 0 Å². The van der Waals surface area contributed by atoms with Crippen LogP contribution in [-0.4, -0.2) is 18.9 Å². The van der Waals surface area contributed by atoms with Gasteiger partial charge in [0.05, 0.1) is 6.61 Å². The van der Waals surface area contributed by atoms with Gasteiger partial charge >= 0.3 is 0 Å². The van der Waals surface area contributed by atoms with Gasteiger partial charge in [0.2, 0.25) is 0 Å². The third-order valence-electron chi connectivity index (χ3n) is 3.19. The Hall–Kier alpha value is -0.0800. The van der Waals surface area contributed by atoms with Crippen molar-refractivity contribution in [1.29, 1.82) is 0 Å². The zero-order valence-corrected chi connectivity index (χ0v) is 7.39. The van der Waals surface area contributed by atoms with Crippen LogP contribution in [0.25, 0.3) is 0 Å². The molecule has 0 amide bonds. The summed E-state index contributed by atoms with van der Waals surface area (Å²) in [6.45, 7) is 5.44. The van der Waals surface area contributed by atoms with Gasteiger partial charge in [0, 0.05) is 11.5 Å². The van der Waals surface area contributed by atoms with Crippen molar-refractivity contribution in [1.82, 2.24) is 5.32 Å². The molecule has 0 aromatic rings.